The highest BCUT2D eigenvalue weighted by Gasteiger charge is 2.06. The summed E-state index contributed by atoms with van der Waals surface area (Å²) in [4.78, 5) is 11.4. The first-order valence-corrected chi connectivity index (χ1v) is 5.46. The number of hydrogen-bond donors (Lipinski definition) is 3. The first-order chi connectivity index (χ1) is 7.63. The number of anilines is 1. The molecule has 4 heteroatoms. The third kappa shape index (κ3) is 4.00. The lowest BCUT2D eigenvalue weighted by Gasteiger charge is -2.08. The van der Waals surface area contributed by atoms with Crippen LogP contribution in [0.1, 0.15) is 19.4 Å². The molecule has 0 spiro atoms. The second-order valence-corrected chi connectivity index (χ2v) is 4.04. The summed E-state index contributed by atoms with van der Waals surface area (Å²) in [5.41, 5.74) is 4.64. The highest BCUT2D eigenvalue weighted by molar-refractivity contribution is 5.91. The molecule has 0 aliphatic heterocycles. The number of hydrazine groups is 1. The molecule has 4 nitrogen and oxygen atoms in total. The van der Waals surface area contributed by atoms with Crippen LogP contribution < -0.4 is 16.6 Å². The van der Waals surface area contributed by atoms with Crippen molar-refractivity contribution in [3.63, 3.8) is 0 Å². The summed E-state index contributed by atoms with van der Waals surface area (Å²) >= 11 is 0. The fourth-order valence-electron chi connectivity index (χ4n) is 1.26. The van der Waals surface area contributed by atoms with Gasteiger partial charge in [0.2, 0.25) is 5.91 Å². The van der Waals surface area contributed by atoms with Crippen LogP contribution in [0.3, 0.4) is 0 Å². The zero-order valence-corrected chi connectivity index (χ0v) is 9.79. The number of benzene rings is 1. The van der Waals surface area contributed by atoms with Gasteiger partial charge in [0.05, 0.1) is 0 Å². The van der Waals surface area contributed by atoms with Gasteiger partial charge in [-0.25, -0.2) is 0 Å². The van der Waals surface area contributed by atoms with Gasteiger partial charge in [-0.05, 0) is 24.1 Å². The van der Waals surface area contributed by atoms with Crippen LogP contribution in [0.25, 0.3) is 0 Å². The quantitative estimate of drug-likeness (QED) is 0.518. The summed E-state index contributed by atoms with van der Waals surface area (Å²) in [6.07, 6.45) is 0.884. The van der Waals surface area contributed by atoms with E-state index in [2.05, 4.69) is 10.7 Å². The molecule has 0 aromatic heterocycles. The first-order valence-electron chi connectivity index (χ1n) is 5.46. The van der Waals surface area contributed by atoms with Gasteiger partial charge in [-0.3, -0.25) is 16.1 Å². The van der Waals surface area contributed by atoms with Crippen molar-refractivity contribution in [2.45, 2.75) is 20.3 Å². The Morgan fingerprint density at radius 2 is 1.94 bits per heavy atom. The van der Waals surface area contributed by atoms with Gasteiger partial charge in [0, 0.05) is 18.2 Å². The van der Waals surface area contributed by atoms with E-state index in [0.29, 0.717) is 0 Å². The summed E-state index contributed by atoms with van der Waals surface area (Å²) in [6, 6.07) is 7.80. The minimum Gasteiger partial charge on any atom is -0.326 e. The van der Waals surface area contributed by atoms with Gasteiger partial charge in [0.1, 0.15) is 0 Å². The van der Waals surface area contributed by atoms with E-state index in [-0.39, 0.29) is 11.8 Å². The summed E-state index contributed by atoms with van der Waals surface area (Å²) in [5, 5.41) is 2.85. The Hall–Kier alpha value is -1.39. The van der Waals surface area contributed by atoms with Crippen LogP contribution in [0.2, 0.25) is 0 Å². The van der Waals surface area contributed by atoms with Gasteiger partial charge < -0.3 is 5.32 Å². The molecule has 0 bridgehead atoms. The number of carbonyl (C=O) groups excluding carboxylic acids is 1. The van der Waals surface area contributed by atoms with Crippen LogP contribution in [-0.2, 0) is 11.2 Å². The zero-order chi connectivity index (χ0) is 12.0. The molecule has 0 heterocycles. The molecule has 0 fully saturated rings. The Bertz CT molecular complexity index is 333. The predicted molar refractivity (Wildman–Crippen MR) is 65.8 cm³/mol. The van der Waals surface area contributed by atoms with Gasteiger partial charge in [0.25, 0.3) is 0 Å². The van der Waals surface area contributed by atoms with E-state index in [1.54, 1.807) is 0 Å². The molecule has 0 aliphatic rings. The SMILES string of the molecule is CC(C)C(=O)Nc1ccc(CCNN)cc1. The van der Waals surface area contributed by atoms with Gasteiger partial charge in [-0.1, -0.05) is 26.0 Å². The molecule has 1 amide bonds. The van der Waals surface area contributed by atoms with E-state index in [0.717, 1.165) is 18.7 Å². The average Bonchev–Trinajstić information content (AvgIpc) is 2.28. The van der Waals surface area contributed by atoms with Gasteiger partial charge in [0.15, 0.2) is 0 Å². The molecule has 0 aliphatic carbocycles. The van der Waals surface area contributed by atoms with Crippen LogP contribution in [0.15, 0.2) is 24.3 Å². The van der Waals surface area contributed by atoms with E-state index < -0.39 is 0 Å². The molecule has 0 saturated heterocycles. The average molecular weight is 221 g/mol. The molecule has 1 rings (SSSR count). The molecule has 1 aromatic carbocycles. The zero-order valence-electron chi connectivity index (χ0n) is 9.79. The van der Waals surface area contributed by atoms with Crippen molar-refractivity contribution in [1.29, 1.82) is 0 Å². The summed E-state index contributed by atoms with van der Waals surface area (Å²) in [6.45, 7) is 4.49. The van der Waals surface area contributed by atoms with Crippen LogP contribution in [0.5, 0.6) is 0 Å². The molecule has 88 valence electrons. The smallest absolute Gasteiger partial charge is 0.226 e. The van der Waals surface area contributed by atoms with Gasteiger partial charge in [-0.2, -0.15) is 0 Å². The van der Waals surface area contributed by atoms with Crippen LogP contribution in [-0.4, -0.2) is 12.5 Å². The van der Waals surface area contributed by atoms with Crippen molar-refractivity contribution in [3.8, 4) is 0 Å². The number of nitrogens with one attached hydrogen (secondary N) is 2. The van der Waals surface area contributed by atoms with E-state index in [1.165, 1.54) is 5.56 Å². The van der Waals surface area contributed by atoms with Crippen molar-refractivity contribution in [3.05, 3.63) is 29.8 Å². The fraction of sp³-hybridized carbons (Fsp3) is 0.417. The van der Waals surface area contributed by atoms with Crippen LogP contribution >= 0.6 is 0 Å². The second kappa shape index (κ2) is 6.25. The Morgan fingerprint density at radius 1 is 1.31 bits per heavy atom. The lowest BCUT2D eigenvalue weighted by molar-refractivity contribution is -0.118. The summed E-state index contributed by atoms with van der Waals surface area (Å²) in [5.74, 6) is 5.24. The molecule has 0 atom stereocenters. The molecular formula is C12H19N3O. The third-order valence-electron chi connectivity index (χ3n) is 2.30. The van der Waals surface area contributed by atoms with Gasteiger partial charge >= 0.3 is 0 Å². The molecule has 0 radical (unpaired) electrons. The molecule has 4 N–H and O–H groups in total. The van der Waals surface area contributed by atoms with Crippen LogP contribution in [0.4, 0.5) is 5.69 Å². The molecule has 0 saturated carbocycles. The lowest BCUT2D eigenvalue weighted by atomic mass is 10.1. The summed E-state index contributed by atoms with van der Waals surface area (Å²) in [7, 11) is 0. The standard InChI is InChI=1S/C12H19N3O/c1-9(2)12(16)15-11-5-3-10(4-6-11)7-8-14-13/h3-6,9,14H,7-8,13H2,1-2H3,(H,15,16). The second-order valence-electron chi connectivity index (χ2n) is 4.04. The van der Waals surface area contributed by atoms with Crippen molar-refractivity contribution < 1.29 is 4.79 Å². The maximum absolute atomic E-state index is 11.4. The molecule has 1 aromatic rings. The number of hydrogen-bond acceptors (Lipinski definition) is 3. The lowest BCUT2D eigenvalue weighted by Crippen LogP contribution is -2.24. The van der Waals surface area contributed by atoms with E-state index >= 15 is 0 Å². The van der Waals surface area contributed by atoms with E-state index in [4.69, 9.17) is 5.84 Å². The maximum atomic E-state index is 11.4. The number of carbonyl (C=O) groups is 1. The van der Waals surface area contributed by atoms with Gasteiger partial charge in [-0.15, -0.1) is 0 Å². The maximum Gasteiger partial charge on any atom is 0.226 e. The normalized spacial score (nSPS) is 10.5. The number of rotatable bonds is 5. The third-order valence-corrected chi connectivity index (χ3v) is 2.30. The monoisotopic (exact) mass is 221 g/mol. The fourth-order valence-corrected chi connectivity index (χ4v) is 1.26. The van der Waals surface area contributed by atoms with Crippen molar-refractivity contribution >= 4 is 11.6 Å². The first kappa shape index (κ1) is 12.7. The Kier molecular flexibility index (Phi) is 4.95. The topological polar surface area (TPSA) is 67.2 Å². The largest absolute Gasteiger partial charge is 0.326 e. The number of nitrogens with two attached hydrogens (primary N) is 1. The van der Waals surface area contributed by atoms with Crippen LogP contribution in [0, 0.1) is 5.92 Å². The Labute approximate surface area is 96.2 Å². The Morgan fingerprint density at radius 3 is 2.44 bits per heavy atom. The summed E-state index contributed by atoms with van der Waals surface area (Å²) < 4.78 is 0. The Balaban J connectivity index is 2.54. The van der Waals surface area contributed by atoms with Crippen molar-refractivity contribution in [1.82, 2.24) is 5.43 Å². The molecule has 16 heavy (non-hydrogen) atoms. The predicted octanol–water partition coefficient (Wildman–Crippen LogP) is 1.29. The van der Waals surface area contributed by atoms with E-state index in [9.17, 15) is 4.79 Å². The molecule has 0 unspecified atom stereocenters. The van der Waals surface area contributed by atoms with E-state index in [1.807, 2.05) is 38.1 Å². The van der Waals surface area contributed by atoms with Crippen molar-refractivity contribution in [2.75, 3.05) is 11.9 Å². The minimum absolute atomic E-state index is 0.00103. The molecular weight excluding hydrogens is 202 g/mol. The highest BCUT2D eigenvalue weighted by Crippen LogP contribution is 2.11. The van der Waals surface area contributed by atoms with Crippen molar-refractivity contribution in [2.24, 2.45) is 11.8 Å². The number of amides is 1. The highest BCUT2D eigenvalue weighted by atomic mass is 16.1. The minimum atomic E-state index is 0.00103.